The second kappa shape index (κ2) is 6.70. The van der Waals surface area contributed by atoms with Gasteiger partial charge in [0.15, 0.2) is 5.65 Å². The zero-order chi connectivity index (χ0) is 17.1. The number of ether oxygens (including phenoxy) is 1. The Morgan fingerprint density at radius 1 is 0.920 bits per heavy atom. The van der Waals surface area contributed by atoms with Gasteiger partial charge >= 0.3 is 0 Å². The first kappa shape index (κ1) is 15.3. The van der Waals surface area contributed by atoms with Gasteiger partial charge in [0, 0.05) is 11.5 Å². The van der Waals surface area contributed by atoms with Gasteiger partial charge in [-0.1, -0.05) is 24.3 Å². The van der Waals surface area contributed by atoms with E-state index in [0.717, 1.165) is 5.39 Å². The van der Waals surface area contributed by atoms with Crippen LogP contribution < -0.4 is 10.1 Å². The van der Waals surface area contributed by atoms with Crippen LogP contribution in [-0.4, -0.2) is 15.9 Å². The number of nitrogens with zero attached hydrogens (tertiary/aromatic N) is 2. The van der Waals surface area contributed by atoms with Gasteiger partial charge in [-0.25, -0.2) is 4.98 Å². The van der Waals surface area contributed by atoms with Crippen molar-refractivity contribution in [1.29, 1.82) is 0 Å². The molecule has 4 rings (SSSR count). The van der Waals surface area contributed by atoms with Crippen molar-refractivity contribution in [1.82, 2.24) is 9.97 Å². The Balaban J connectivity index is 1.59. The van der Waals surface area contributed by atoms with Crippen LogP contribution >= 0.6 is 11.3 Å². The summed E-state index contributed by atoms with van der Waals surface area (Å²) in [4.78, 5) is 21.6. The number of carbonyl (C=O) groups is 1. The number of para-hydroxylation sites is 1. The Kier molecular flexibility index (Phi) is 4.10. The normalized spacial score (nSPS) is 10.6. The van der Waals surface area contributed by atoms with Crippen LogP contribution in [0.25, 0.3) is 11.0 Å². The summed E-state index contributed by atoms with van der Waals surface area (Å²) in [5.41, 5.74) is 0.511. The van der Waals surface area contributed by atoms with Gasteiger partial charge in [-0.15, -0.1) is 11.3 Å². The van der Waals surface area contributed by atoms with Crippen molar-refractivity contribution in [3.05, 3.63) is 77.0 Å². The molecule has 0 aliphatic heterocycles. The Labute approximate surface area is 147 Å². The minimum Gasteiger partial charge on any atom is -0.439 e. The van der Waals surface area contributed by atoms with E-state index in [2.05, 4.69) is 15.3 Å². The monoisotopic (exact) mass is 347 g/mol. The third kappa shape index (κ3) is 3.49. The standard InChI is InChI=1S/C19H13N3O2S/c23-19(15-7-4-12-25-15)21-16-10-8-13-9-11-17(22-18(13)20-16)24-14-5-2-1-3-6-14/h1-12H,(H,20,21,22,23). The molecule has 25 heavy (non-hydrogen) atoms. The molecule has 0 radical (unpaired) electrons. The smallest absolute Gasteiger partial charge is 0.266 e. The van der Waals surface area contributed by atoms with Crippen LogP contribution in [0.3, 0.4) is 0 Å². The largest absolute Gasteiger partial charge is 0.439 e. The number of nitrogens with one attached hydrogen (secondary N) is 1. The summed E-state index contributed by atoms with van der Waals surface area (Å²) in [7, 11) is 0. The summed E-state index contributed by atoms with van der Waals surface area (Å²) in [6, 6.07) is 20.3. The number of benzene rings is 1. The molecule has 0 fully saturated rings. The summed E-state index contributed by atoms with van der Waals surface area (Å²) < 4.78 is 5.73. The molecule has 0 atom stereocenters. The fraction of sp³-hybridized carbons (Fsp3) is 0. The lowest BCUT2D eigenvalue weighted by atomic mass is 10.3. The number of pyridine rings is 2. The first-order valence-electron chi connectivity index (χ1n) is 7.63. The van der Waals surface area contributed by atoms with Gasteiger partial charge in [0.25, 0.3) is 5.91 Å². The molecule has 0 saturated carbocycles. The molecular formula is C19H13N3O2S. The molecule has 0 unspecified atom stereocenters. The van der Waals surface area contributed by atoms with Gasteiger partial charge in [-0.2, -0.15) is 4.98 Å². The number of hydrogen-bond acceptors (Lipinski definition) is 5. The minimum atomic E-state index is -0.182. The first-order valence-corrected chi connectivity index (χ1v) is 8.51. The van der Waals surface area contributed by atoms with Gasteiger partial charge in [-0.3, -0.25) is 4.79 Å². The highest BCUT2D eigenvalue weighted by Gasteiger charge is 2.09. The first-order chi connectivity index (χ1) is 12.3. The van der Waals surface area contributed by atoms with E-state index in [-0.39, 0.29) is 5.91 Å². The van der Waals surface area contributed by atoms with E-state index in [1.54, 1.807) is 18.2 Å². The summed E-state index contributed by atoms with van der Waals surface area (Å²) in [5.74, 6) is 1.43. The Morgan fingerprint density at radius 3 is 2.56 bits per heavy atom. The van der Waals surface area contributed by atoms with Crippen molar-refractivity contribution in [3.8, 4) is 11.6 Å². The average Bonchev–Trinajstić information content (AvgIpc) is 3.17. The minimum absolute atomic E-state index is 0.182. The van der Waals surface area contributed by atoms with E-state index in [4.69, 9.17) is 4.74 Å². The molecule has 5 nitrogen and oxygen atoms in total. The number of thiophene rings is 1. The van der Waals surface area contributed by atoms with Crippen molar-refractivity contribution in [2.45, 2.75) is 0 Å². The van der Waals surface area contributed by atoms with Crippen LogP contribution in [-0.2, 0) is 0 Å². The van der Waals surface area contributed by atoms with Gasteiger partial charge in [0.05, 0.1) is 4.88 Å². The molecule has 0 bridgehead atoms. The van der Waals surface area contributed by atoms with Gasteiger partial charge in [0.2, 0.25) is 5.88 Å². The molecule has 1 amide bonds. The van der Waals surface area contributed by atoms with E-state index in [9.17, 15) is 4.79 Å². The number of aromatic nitrogens is 2. The van der Waals surface area contributed by atoms with Crippen LogP contribution in [0, 0.1) is 0 Å². The third-order valence-corrected chi connectivity index (χ3v) is 4.35. The van der Waals surface area contributed by atoms with E-state index in [1.807, 2.05) is 53.9 Å². The third-order valence-electron chi connectivity index (χ3n) is 3.48. The van der Waals surface area contributed by atoms with E-state index < -0.39 is 0 Å². The molecule has 3 aromatic heterocycles. The molecule has 4 aromatic rings. The lowest BCUT2D eigenvalue weighted by Gasteiger charge is -2.07. The lowest BCUT2D eigenvalue weighted by molar-refractivity contribution is 0.103. The SMILES string of the molecule is O=C(Nc1ccc2ccc(Oc3ccccc3)nc2n1)c1cccs1. The van der Waals surface area contributed by atoms with E-state index in [1.165, 1.54) is 11.3 Å². The molecular weight excluding hydrogens is 334 g/mol. The number of carbonyl (C=O) groups excluding carboxylic acids is 1. The van der Waals surface area contributed by atoms with Gasteiger partial charge < -0.3 is 10.1 Å². The second-order valence-electron chi connectivity index (χ2n) is 5.24. The van der Waals surface area contributed by atoms with E-state index in [0.29, 0.717) is 28.0 Å². The zero-order valence-electron chi connectivity index (χ0n) is 13.0. The lowest BCUT2D eigenvalue weighted by Crippen LogP contribution is -2.11. The van der Waals surface area contributed by atoms with Crippen LogP contribution in [0.4, 0.5) is 5.82 Å². The summed E-state index contributed by atoms with van der Waals surface area (Å²) >= 11 is 1.38. The fourth-order valence-corrected chi connectivity index (χ4v) is 2.92. The fourth-order valence-electron chi connectivity index (χ4n) is 2.30. The number of fused-ring (bicyclic) bond motifs is 1. The molecule has 0 spiro atoms. The molecule has 1 aromatic carbocycles. The molecule has 1 N–H and O–H groups in total. The van der Waals surface area contributed by atoms with Crippen molar-refractivity contribution < 1.29 is 9.53 Å². The van der Waals surface area contributed by atoms with Gasteiger partial charge in [0.1, 0.15) is 11.6 Å². The second-order valence-corrected chi connectivity index (χ2v) is 6.19. The number of hydrogen-bond donors (Lipinski definition) is 1. The Bertz CT molecular complexity index is 1020. The predicted octanol–water partition coefficient (Wildman–Crippen LogP) is 4.74. The van der Waals surface area contributed by atoms with Crippen LogP contribution in [0.15, 0.2) is 72.1 Å². The number of amides is 1. The highest BCUT2D eigenvalue weighted by Crippen LogP contribution is 2.22. The summed E-state index contributed by atoms with van der Waals surface area (Å²) in [5, 5.41) is 5.51. The topological polar surface area (TPSA) is 64.1 Å². The quantitative estimate of drug-likeness (QED) is 0.579. The number of rotatable bonds is 4. The highest BCUT2D eigenvalue weighted by molar-refractivity contribution is 7.12. The summed E-state index contributed by atoms with van der Waals surface area (Å²) in [6.07, 6.45) is 0. The maximum atomic E-state index is 12.1. The Morgan fingerprint density at radius 2 is 1.76 bits per heavy atom. The molecule has 122 valence electrons. The number of anilines is 1. The van der Waals surface area contributed by atoms with Crippen molar-refractivity contribution in [3.63, 3.8) is 0 Å². The molecule has 6 heteroatoms. The van der Waals surface area contributed by atoms with Crippen LogP contribution in [0.2, 0.25) is 0 Å². The molecule has 0 aliphatic carbocycles. The van der Waals surface area contributed by atoms with E-state index >= 15 is 0 Å². The van der Waals surface area contributed by atoms with Gasteiger partial charge in [-0.05, 0) is 41.8 Å². The molecule has 0 saturated heterocycles. The van der Waals surface area contributed by atoms with Crippen molar-refractivity contribution in [2.75, 3.05) is 5.32 Å². The molecule has 0 aliphatic rings. The Hall–Kier alpha value is -3.25. The summed E-state index contributed by atoms with van der Waals surface area (Å²) in [6.45, 7) is 0. The predicted molar refractivity (Wildman–Crippen MR) is 98.3 cm³/mol. The van der Waals surface area contributed by atoms with Crippen LogP contribution in [0.5, 0.6) is 11.6 Å². The van der Waals surface area contributed by atoms with Crippen molar-refractivity contribution in [2.24, 2.45) is 0 Å². The van der Waals surface area contributed by atoms with Crippen LogP contribution in [0.1, 0.15) is 9.67 Å². The maximum Gasteiger partial charge on any atom is 0.266 e. The average molecular weight is 347 g/mol. The van der Waals surface area contributed by atoms with Crippen molar-refractivity contribution >= 4 is 34.1 Å². The maximum absolute atomic E-state index is 12.1. The zero-order valence-corrected chi connectivity index (χ0v) is 13.9. The highest BCUT2D eigenvalue weighted by atomic mass is 32.1. The molecule has 3 heterocycles.